The molecule has 6 nitrogen and oxygen atoms in total. The molecule has 1 aliphatic heterocycles. The van der Waals surface area contributed by atoms with Crippen LogP contribution in [0.5, 0.6) is 0 Å². The first-order valence-electron chi connectivity index (χ1n) is 9.03. The average Bonchev–Trinajstić information content (AvgIpc) is 2.95. The highest BCUT2D eigenvalue weighted by Crippen LogP contribution is 2.25. The van der Waals surface area contributed by atoms with Gasteiger partial charge in [0.1, 0.15) is 0 Å². The van der Waals surface area contributed by atoms with Gasteiger partial charge in [-0.15, -0.1) is 0 Å². The Bertz CT molecular complexity index is 659. The summed E-state index contributed by atoms with van der Waals surface area (Å²) in [5.41, 5.74) is 8.38. The summed E-state index contributed by atoms with van der Waals surface area (Å²) in [6.45, 7) is 4.42. The van der Waals surface area contributed by atoms with Gasteiger partial charge in [0.15, 0.2) is 0 Å². The number of benzene rings is 1. The molecule has 0 aliphatic carbocycles. The zero-order chi connectivity index (χ0) is 18.5. The van der Waals surface area contributed by atoms with Gasteiger partial charge in [0.2, 0.25) is 5.91 Å². The highest BCUT2D eigenvalue weighted by atomic mass is 16.2. The molecule has 3 N–H and O–H groups in total. The summed E-state index contributed by atoms with van der Waals surface area (Å²) in [5, 5.41) is 3.14. The van der Waals surface area contributed by atoms with Gasteiger partial charge in [0, 0.05) is 18.3 Å². The first-order chi connectivity index (χ1) is 12.6. The summed E-state index contributed by atoms with van der Waals surface area (Å²) < 4.78 is 0. The van der Waals surface area contributed by atoms with E-state index in [1.165, 1.54) is 0 Å². The standard InChI is InChI=1S/C20H27N5O/c1-14-19(15(2)24-23-14)22-18(26)13-25(3)20(16-9-5-4-6-10-16)17-11-7-8-12-21-17/h4-12,14-15,19-20,23-24H,13H2,1-3H3,(H,22,26). The number of likely N-dealkylation sites (N-methyl/N-ethyl adjacent to an activating group) is 1. The topological polar surface area (TPSA) is 69.3 Å². The molecule has 0 saturated carbocycles. The van der Waals surface area contributed by atoms with Crippen LogP contribution in [0, 0.1) is 0 Å². The smallest absolute Gasteiger partial charge is 0.234 e. The number of nitrogens with one attached hydrogen (secondary N) is 3. The monoisotopic (exact) mass is 353 g/mol. The van der Waals surface area contributed by atoms with Crippen LogP contribution in [0.2, 0.25) is 0 Å². The predicted molar refractivity (Wildman–Crippen MR) is 102 cm³/mol. The summed E-state index contributed by atoms with van der Waals surface area (Å²) in [7, 11) is 1.96. The molecule has 1 amide bonds. The van der Waals surface area contributed by atoms with Crippen LogP contribution in [0.4, 0.5) is 0 Å². The maximum atomic E-state index is 12.6. The second-order valence-electron chi connectivity index (χ2n) is 6.94. The number of hydrogen-bond donors (Lipinski definition) is 3. The van der Waals surface area contributed by atoms with Crippen molar-refractivity contribution in [1.82, 2.24) is 26.1 Å². The minimum Gasteiger partial charge on any atom is -0.349 e. The third-order valence-corrected chi connectivity index (χ3v) is 4.86. The first-order valence-corrected chi connectivity index (χ1v) is 9.03. The lowest BCUT2D eigenvalue weighted by atomic mass is 10.0. The Morgan fingerprint density at radius 3 is 2.38 bits per heavy atom. The Balaban J connectivity index is 1.73. The molecule has 2 aromatic rings. The highest BCUT2D eigenvalue weighted by molar-refractivity contribution is 5.78. The van der Waals surface area contributed by atoms with Crippen LogP contribution in [0.25, 0.3) is 0 Å². The number of aromatic nitrogens is 1. The lowest BCUT2D eigenvalue weighted by Gasteiger charge is -2.29. The number of nitrogens with zero attached hydrogens (tertiary/aromatic N) is 2. The van der Waals surface area contributed by atoms with Gasteiger partial charge in [-0.1, -0.05) is 36.4 Å². The van der Waals surface area contributed by atoms with Gasteiger partial charge in [-0.3, -0.25) is 25.5 Å². The van der Waals surface area contributed by atoms with Gasteiger partial charge in [-0.25, -0.2) is 0 Å². The molecule has 0 spiro atoms. The Morgan fingerprint density at radius 1 is 1.12 bits per heavy atom. The lowest BCUT2D eigenvalue weighted by molar-refractivity contribution is -0.123. The van der Waals surface area contributed by atoms with Crippen molar-refractivity contribution in [2.45, 2.75) is 38.0 Å². The fourth-order valence-electron chi connectivity index (χ4n) is 3.50. The fraction of sp³-hybridized carbons (Fsp3) is 0.400. The second kappa shape index (κ2) is 8.40. The third-order valence-electron chi connectivity index (χ3n) is 4.86. The zero-order valence-corrected chi connectivity index (χ0v) is 15.5. The second-order valence-corrected chi connectivity index (χ2v) is 6.94. The van der Waals surface area contributed by atoms with Crippen LogP contribution in [-0.4, -0.2) is 47.5 Å². The van der Waals surface area contributed by atoms with E-state index < -0.39 is 0 Å². The van der Waals surface area contributed by atoms with E-state index in [4.69, 9.17) is 0 Å². The summed E-state index contributed by atoms with van der Waals surface area (Å²) in [6, 6.07) is 16.4. The summed E-state index contributed by atoms with van der Waals surface area (Å²) in [5.74, 6) is 0.0126. The average molecular weight is 353 g/mol. The Hall–Kier alpha value is -2.28. The van der Waals surface area contributed by atoms with Crippen LogP contribution >= 0.6 is 0 Å². The first kappa shape index (κ1) is 18.5. The van der Waals surface area contributed by atoms with E-state index in [-0.39, 0.29) is 30.1 Å². The van der Waals surface area contributed by atoms with Crippen molar-refractivity contribution >= 4 is 5.91 Å². The number of hydrogen-bond acceptors (Lipinski definition) is 5. The number of pyridine rings is 1. The molecule has 1 fully saturated rings. The molecule has 0 bridgehead atoms. The van der Waals surface area contributed by atoms with Crippen LogP contribution in [0.3, 0.4) is 0 Å². The van der Waals surface area contributed by atoms with Crippen molar-refractivity contribution in [2.24, 2.45) is 0 Å². The fourth-order valence-corrected chi connectivity index (χ4v) is 3.50. The van der Waals surface area contributed by atoms with Crippen molar-refractivity contribution in [3.8, 4) is 0 Å². The molecule has 1 aliphatic rings. The van der Waals surface area contributed by atoms with Gasteiger partial charge in [-0.2, -0.15) is 0 Å². The number of amides is 1. The molecule has 3 rings (SSSR count). The SMILES string of the molecule is CC1NNC(C)C1NC(=O)CN(C)C(c1ccccc1)c1ccccn1. The van der Waals surface area contributed by atoms with Crippen molar-refractivity contribution < 1.29 is 4.79 Å². The molecule has 1 saturated heterocycles. The molecular formula is C20H27N5O. The van der Waals surface area contributed by atoms with E-state index in [2.05, 4.69) is 47.1 Å². The summed E-state index contributed by atoms with van der Waals surface area (Å²) in [6.07, 6.45) is 1.79. The Kier molecular flexibility index (Phi) is 5.98. The largest absolute Gasteiger partial charge is 0.349 e. The molecule has 138 valence electrons. The highest BCUT2D eigenvalue weighted by Gasteiger charge is 2.31. The quantitative estimate of drug-likeness (QED) is 0.734. The van der Waals surface area contributed by atoms with Crippen LogP contribution in [-0.2, 0) is 4.79 Å². The van der Waals surface area contributed by atoms with E-state index in [0.29, 0.717) is 6.54 Å². The Morgan fingerprint density at radius 2 is 1.77 bits per heavy atom. The number of hydrazine groups is 1. The molecule has 0 radical (unpaired) electrons. The van der Waals surface area contributed by atoms with Crippen molar-refractivity contribution in [1.29, 1.82) is 0 Å². The van der Waals surface area contributed by atoms with Gasteiger partial charge in [0.05, 0.1) is 24.3 Å². The molecule has 1 aromatic carbocycles. The van der Waals surface area contributed by atoms with E-state index in [9.17, 15) is 4.79 Å². The summed E-state index contributed by atoms with van der Waals surface area (Å²) in [4.78, 5) is 19.2. The molecule has 6 heteroatoms. The van der Waals surface area contributed by atoms with Crippen molar-refractivity contribution in [3.63, 3.8) is 0 Å². The molecular weight excluding hydrogens is 326 g/mol. The number of carbonyl (C=O) groups is 1. The predicted octanol–water partition coefficient (Wildman–Crippen LogP) is 1.47. The summed E-state index contributed by atoms with van der Waals surface area (Å²) >= 11 is 0. The number of rotatable bonds is 6. The van der Waals surface area contributed by atoms with E-state index in [1.807, 2.05) is 48.3 Å². The van der Waals surface area contributed by atoms with E-state index >= 15 is 0 Å². The van der Waals surface area contributed by atoms with Crippen molar-refractivity contribution in [3.05, 3.63) is 66.0 Å². The molecule has 2 heterocycles. The molecule has 26 heavy (non-hydrogen) atoms. The zero-order valence-electron chi connectivity index (χ0n) is 15.5. The van der Waals surface area contributed by atoms with Crippen molar-refractivity contribution in [2.75, 3.05) is 13.6 Å². The maximum Gasteiger partial charge on any atom is 0.234 e. The lowest BCUT2D eigenvalue weighted by Crippen LogP contribution is -2.49. The van der Waals surface area contributed by atoms with Gasteiger partial charge < -0.3 is 5.32 Å². The van der Waals surface area contributed by atoms with E-state index in [1.54, 1.807) is 6.20 Å². The van der Waals surface area contributed by atoms with Crippen LogP contribution < -0.4 is 16.2 Å². The van der Waals surface area contributed by atoms with Crippen LogP contribution in [0.15, 0.2) is 54.7 Å². The Labute approximate surface area is 155 Å². The number of carbonyl (C=O) groups excluding carboxylic acids is 1. The molecule has 3 unspecified atom stereocenters. The van der Waals surface area contributed by atoms with E-state index in [0.717, 1.165) is 11.3 Å². The molecule has 3 atom stereocenters. The minimum atomic E-state index is -0.0715. The molecule has 1 aromatic heterocycles. The van der Waals surface area contributed by atoms with Gasteiger partial charge in [0.25, 0.3) is 0 Å². The minimum absolute atomic E-state index is 0.0126. The van der Waals surface area contributed by atoms with Gasteiger partial charge in [-0.05, 0) is 38.6 Å². The normalized spacial score (nSPS) is 23.8. The third kappa shape index (κ3) is 4.27. The van der Waals surface area contributed by atoms with Crippen LogP contribution in [0.1, 0.15) is 31.1 Å². The maximum absolute atomic E-state index is 12.6. The van der Waals surface area contributed by atoms with Gasteiger partial charge >= 0.3 is 0 Å².